The average Bonchev–Trinajstić information content (AvgIpc) is 2.24. The molecule has 0 spiro atoms. The fraction of sp³-hybridized carbons (Fsp3) is 0.154. The zero-order chi connectivity index (χ0) is 11.5. The SMILES string of the molecule is Cc1cccc(C)c1Nc1cccc(Br)n1. The second-order valence-corrected chi connectivity index (χ2v) is 4.55. The molecule has 0 radical (unpaired) electrons. The molecule has 1 aromatic heterocycles. The van der Waals surface area contributed by atoms with Crippen molar-refractivity contribution in [1.29, 1.82) is 0 Å². The molecule has 0 atom stereocenters. The molecule has 82 valence electrons. The molecule has 0 bridgehead atoms. The highest BCUT2D eigenvalue weighted by Crippen LogP contribution is 2.23. The molecule has 0 saturated heterocycles. The number of hydrogen-bond acceptors (Lipinski definition) is 2. The average molecular weight is 277 g/mol. The summed E-state index contributed by atoms with van der Waals surface area (Å²) in [5, 5.41) is 3.34. The zero-order valence-electron chi connectivity index (χ0n) is 9.29. The Morgan fingerprint density at radius 2 is 1.62 bits per heavy atom. The van der Waals surface area contributed by atoms with Crippen molar-refractivity contribution in [3.05, 3.63) is 52.1 Å². The Morgan fingerprint density at radius 1 is 1.00 bits per heavy atom. The van der Waals surface area contributed by atoms with Crippen molar-refractivity contribution >= 4 is 27.4 Å². The molecule has 2 rings (SSSR count). The smallest absolute Gasteiger partial charge is 0.131 e. The maximum atomic E-state index is 4.36. The Morgan fingerprint density at radius 3 is 2.25 bits per heavy atom. The van der Waals surface area contributed by atoms with Gasteiger partial charge in [0.25, 0.3) is 0 Å². The summed E-state index contributed by atoms with van der Waals surface area (Å²) in [6.45, 7) is 4.18. The van der Waals surface area contributed by atoms with Crippen LogP contribution in [-0.2, 0) is 0 Å². The van der Waals surface area contributed by atoms with Crippen LogP contribution in [0.1, 0.15) is 11.1 Å². The van der Waals surface area contributed by atoms with E-state index in [1.54, 1.807) is 0 Å². The molecule has 0 unspecified atom stereocenters. The van der Waals surface area contributed by atoms with Crippen LogP contribution in [0.2, 0.25) is 0 Å². The van der Waals surface area contributed by atoms with Crippen LogP contribution in [0, 0.1) is 13.8 Å². The third-order valence-electron chi connectivity index (χ3n) is 2.45. The molecule has 16 heavy (non-hydrogen) atoms. The van der Waals surface area contributed by atoms with Crippen molar-refractivity contribution in [3.63, 3.8) is 0 Å². The predicted octanol–water partition coefficient (Wildman–Crippen LogP) is 4.20. The first-order valence-corrected chi connectivity index (χ1v) is 5.92. The van der Waals surface area contributed by atoms with Crippen LogP contribution in [0.3, 0.4) is 0 Å². The predicted molar refractivity (Wildman–Crippen MR) is 71.1 cm³/mol. The van der Waals surface area contributed by atoms with E-state index in [2.05, 4.69) is 58.3 Å². The van der Waals surface area contributed by atoms with E-state index in [4.69, 9.17) is 0 Å². The standard InChI is InChI=1S/C13H13BrN2/c1-9-5-3-6-10(2)13(9)16-12-8-4-7-11(14)15-12/h3-8H,1-2H3,(H,15,16). The lowest BCUT2D eigenvalue weighted by Crippen LogP contribution is -1.97. The molecule has 0 aliphatic heterocycles. The number of aromatic nitrogens is 1. The Hall–Kier alpha value is -1.35. The van der Waals surface area contributed by atoms with Crippen LogP contribution >= 0.6 is 15.9 Å². The van der Waals surface area contributed by atoms with Gasteiger partial charge in [0.1, 0.15) is 10.4 Å². The number of aryl methyl sites for hydroxylation is 2. The van der Waals surface area contributed by atoms with E-state index in [1.165, 1.54) is 11.1 Å². The van der Waals surface area contributed by atoms with E-state index >= 15 is 0 Å². The summed E-state index contributed by atoms with van der Waals surface area (Å²) in [4.78, 5) is 4.36. The lowest BCUT2D eigenvalue weighted by atomic mass is 10.1. The van der Waals surface area contributed by atoms with Gasteiger partial charge in [0, 0.05) is 5.69 Å². The Bertz CT molecular complexity index is 489. The fourth-order valence-corrected chi connectivity index (χ4v) is 1.96. The minimum absolute atomic E-state index is 0.837. The van der Waals surface area contributed by atoms with Gasteiger partial charge in [0.2, 0.25) is 0 Å². The minimum atomic E-state index is 0.837. The normalized spacial score (nSPS) is 10.2. The number of halogens is 1. The van der Waals surface area contributed by atoms with Crippen LogP contribution < -0.4 is 5.32 Å². The Kier molecular flexibility index (Phi) is 3.25. The highest BCUT2D eigenvalue weighted by Gasteiger charge is 2.02. The van der Waals surface area contributed by atoms with Gasteiger partial charge in [-0.2, -0.15) is 0 Å². The third kappa shape index (κ3) is 2.42. The van der Waals surface area contributed by atoms with E-state index in [0.29, 0.717) is 0 Å². The third-order valence-corrected chi connectivity index (χ3v) is 2.89. The number of nitrogens with one attached hydrogen (secondary N) is 1. The Labute approximate surface area is 104 Å². The number of nitrogens with zero attached hydrogens (tertiary/aromatic N) is 1. The topological polar surface area (TPSA) is 24.9 Å². The molecule has 0 aliphatic carbocycles. The van der Waals surface area contributed by atoms with Gasteiger partial charge in [-0.25, -0.2) is 4.98 Å². The summed E-state index contributed by atoms with van der Waals surface area (Å²) in [5.74, 6) is 0.853. The second kappa shape index (κ2) is 4.66. The molecule has 0 saturated carbocycles. The zero-order valence-corrected chi connectivity index (χ0v) is 10.9. The molecule has 1 aromatic carbocycles. The van der Waals surface area contributed by atoms with Gasteiger partial charge in [-0.3, -0.25) is 0 Å². The number of para-hydroxylation sites is 1. The largest absolute Gasteiger partial charge is 0.340 e. The van der Waals surface area contributed by atoms with Gasteiger partial charge >= 0.3 is 0 Å². The Balaban J connectivity index is 2.34. The van der Waals surface area contributed by atoms with E-state index in [1.807, 2.05) is 18.2 Å². The van der Waals surface area contributed by atoms with Crippen molar-refractivity contribution < 1.29 is 0 Å². The van der Waals surface area contributed by atoms with Crippen molar-refractivity contribution in [2.45, 2.75) is 13.8 Å². The second-order valence-electron chi connectivity index (χ2n) is 3.74. The number of rotatable bonds is 2. The van der Waals surface area contributed by atoms with Gasteiger partial charge in [-0.15, -0.1) is 0 Å². The minimum Gasteiger partial charge on any atom is -0.340 e. The molecule has 3 heteroatoms. The fourth-order valence-electron chi connectivity index (χ4n) is 1.62. The molecule has 1 heterocycles. The lowest BCUT2D eigenvalue weighted by molar-refractivity contribution is 1.25. The molecule has 2 aromatic rings. The van der Waals surface area contributed by atoms with Gasteiger partial charge in [-0.05, 0) is 53.0 Å². The summed E-state index contributed by atoms with van der Waals surface area (Å²) in [5.41, 5.74) is 3.58. The van der Waals surface area contributed by atoms with E-state index in [0.717, 1.165) is 16.1 Å². The highest BCUT2D eigenvalue weighted by atomic mass is 79.9. The van der Waals surface area contributed by atoms with E-state index < -0.39 is 0 Å². The van der Waals surface area contributed by atoms with E-state index in [9.17, 15) is 0 Å². The van der Waals surface area contributed by atoms with E-state index in [-0.39, 0.29) is 0 Å². The van der Waals surface area contributed by atoms with Gasteiger partial charge in [0.05, 0.1) is 0 Å². The first-order valence-electron chi connectivity index (χ1n) is 5.12. The quantitative estimate of drug-likeness (QED) is 0.832. The van der Waals surface area contributed by atoms with Crippen molar-refractivity contribution in [2.24, 2.45) is 0 Å². The maximum absolute atomic E-state index is 4.36. The highest BCUT2D eigenvalue weighted by molar-refractivity contribution is 9.10. The van der Waals surface area contributed by atoms with Crippen LogP contribution in [0.5, 0.6) is 0 Å². The molecule has 0 fully saturated rings. The number of pyridine rings is 1. The van der Waals surface area contributed by atoms with Crippen molar-refractivity contribution in [1.82, 2.24) is 4.98 Å². The monoisotopic (exact) mass is 276 g/mol. The lowest BCUT2D eigenvalue weighted by Gasteiger charge is -2.11. The summed E-state index contributed by atoms with van der Waals surface area (Å²) >= 11 is 3.36. The molecule has 1 N–H and O–H groups in total. The summed E-state index contributed by atoms with van der Waals surface area (Å²) in [6, 6.07) is 12.1. The summed E-state index contributed by atoms with van der Waals surface area (Å²) in [6.07, 6.45) is 0. The van der Waals surface area contributed by atoms with Crippen molar-refractivity contribution in [3.8, 4) is 0 Å². The molecule has 2 nitrogen and oxygen atoms in total. The van der Waals surface area contributed by atoms with Gasteiger partial charge in [0.15, 0.2) is 0 Å². The summed E-state index contributed by atoms with van der Waals surface area (Å²) in [7, 11) is 0. The maximum Gasteiger partial charge on any atom is 0.131 e. The summed E-state index contributed by atoms with van der Waals surface area (Å²) < 4.78 is 0.837. The van der Waals surface area contributed by atoms with Crippen LogP contribution in [-0.4, -0.2) is 4.98 Å². The number of anilines is 2. The first-order chi connectivity index (χ1) is 7.66. The number of benzene rings is 1. The van der Waals surface area contributed by atoms with Crippen LogP contribution in [0.25, 0.3) is 0 Å². The van der Waals surface area contributed by atoms with Crippen LogP contribution in [0.15, 0.2) is 41.0 Å². The van der Waals surface area contributed by atoms with Gasteiger partial charge < -0.3 is 5.32 Å². The first kappa shape index (κ1) is 11.1. The van der Waals surface area contributed by atoms with Crippen LogP contribution in [0.4, 0.5) is 11.5 Å². The molecular formula is C13H13BrN2. The number of hydrogen-bond donors (Lipinski definition) is 1. The molecule has 0 amide bonds. The molecule has 0 aliphatic rings. The van der Waals surface area contributed by atoms with Gasteiger partial charge in [-0.1, -0.05) is 24.3 Å². The van der Waals surface area contributed by atoms with Crippen molar-refractivity contribution in [2.75, 3.05) is 5.32 Å². The molecular weight excluding hydrogens is 264 g/mol.